The minimum atomic E-state index is -3.50. The number of hydrogen-bond donors (Lipinski definition) is 0. The van der Waals surface area contributed by atoms with Crippen LogP contribution in [0, 0.1) is 19.8 Å². The predicted molar refractivity (Wildman–Crippen MR) is 121 cm³/mol. The number of aryl methyl sites for hydroxylation is 1. The molecule has 2 aromatic rings. The molecule has 2 saturated heterocycles. The lowest BCUT2D eigenvalue weighted by Crippen LogP contribution is -2.53. The van der Waals surface area contributed by atoms with Gasteiger partial charge >= 0.3 is 0 Å². The average molecular weight is 448 g/mol. The van der Waals surface area contributed by atoms with Crippen molar-refractivity contribution < 1.29 is 13.2 Å². The fourth-order valence-electron chi connectivity index (χ4n) is 4.40. The number of carbonyl (C=O) groups excluding carboxylic acids is 1. The highest BCUT2D eigenvalue weighted by Crippen LogP contribution is 2.28. The summed E-state index contributed by atoms with van der Waals surface area (Å²) in [7, 11) is -3.50. The lowest BCUT2D eigenvalue weighted by molar-refractivity contribution is -0.137. The SMILES string of the molecule is Cc1cccc(N2CCN(C(=O)[C@H]3CCCN(S(=O)(=O)c4cccs4)C3)CC2)c1C. The van der Waals surface area contributed by atoms with Crippen LogP contribution in [0.1, 0.15) is 24.0 Å². The zero-order valence-corrected chi connectivity index (χ0v) is 19.2. The van der Waals surface area contributed by atoms with E-state index in [2.05, 4.69) is 36.9 Å². The van der Waals surface area contributed by atoms with E-state index in [1.807, 2.05) is 4.90 Å². The van der Waals surface area contributed by atoms with E-state index in [0.717, 1.165) is 25.9 Å². The van der Waals surface area contributed by atoms with Gasteiger partial charge in [-0.15, -0.1) is 11.3 Å². The maximum absolute atomic E-state index is 13.2. The number of sulfonamides is 1. The van der Waals surface area contributed by atoms with Gasteiger partial charge in [0, 0.05) is 45.0 Å². The third-order valence-electron chi connectivity index (χ3n) is 6.33. The summed E-state index contributed by atoms with van der Waals surface area (Å²) >= 11 is 1.23. The Morgan fingerprint density at radius 3 is 2.50 bits per heavy atom. The molecule has 0 radical (unpaired) electrons. The van der Waals surface area contributed by atoms with Crippen molar-refractivity contribution in [1.82, 2.24) is 9.21 Å². The molecule has 6 nitrogen and oxygen atoms in total. The molecule has 1 atom stereocenters. The van der Waals surface area contributed by atoms with Gasteiger partial charge in [0.25, 0.3) is 10.0 Å². The number of piperazine rings is 1. The summed E-state index contributed by atoms with van der Waals surface area (Å²) in [6.45, 7) is 8.02. The van der Waals surface area contributed by atoms with E-state index >= 15 is 0 Å². The molecule has 1 amide bonds. The molecule has 162 valence electrons. The molecule has 0 spiro atoms. The number of thiophene rings is 1. The first-order chi connectivity index (χ1) is 14.4. The monoisotopic (exact) mass is 447 g/mol. The Hall–Kier alpha value is -1.90. The highest BCUT2D eigenvalue weighted by Gasteiger charge is 2.36. The van der Waals surface area contributed by atoms with Gasteiger partial charge in [0.1, 0.15) is 4.21 Å². The van der Waals surface area contributed by atoms with Crippen molar-refractivity contribution in [3.05, 3.63) is 46.8 Å². The third-order valence-corrected chi connectivity index (χ3v) is 9.57. The second-order valence-electron chi connectivity index (χ2n) is 8.17. The number of rotatable bonds is 4. The molecule has 0 N–H and O–H groups in total. The summed E-state index contributed by atoms with van der Waals surface area (Å²) in [6.07, 6.45) is 1.48. The van der Waals surface area contributed by atoms with E-state index in [-0.39, 0.29) is 18.4 Å². The van der Waals surface area contributed by atoms with Crippen LogP contribution in [0.2, 0.25) is 0 Å². The topological polar surface area (TPSA) is 60.9 Å². The van der Waals surface area contributed by atoms with Crippen LogP contribution in [0.15, 0.2) is 39.9 Å². The van der Waals surface area contributed by atoms with Crippen molar-refractivity contribution in [2.24, 2.45) is 5.92 Å². The Morgan fingerprint density at radius 2 is 1.80 bits per heavy atom. The average Bonchev–Trinajstić information content (AvgIpc) is 3.31. The predicted octanol–water partition coefficient (Wildman–Crippen LogP) is 3.11. The van der Waals surface area contributed by atoms with Crippen molar-refractivity contribution in [3.63, 3.8) is 0 Å². The molecule has 30 heavy (non-hydrogen) atoms. The molecule has 0 saturated carbocycles. The first-order valence-electron chi connectivity index (χ1n) is 10.5. The minimum Gasteiger partial charge on any atom is -0.368 e. The molecule has 1 aromatic heterocycles. The number of anilines is 1. The summed E-state index contributed by atoms with van der Waals surface area (Å²) in [6, 6.07) is 9.74. The Kier molecular flexibility index (Phi) is 6.18. The van der Waals surface area contributed by atoms with Crippen molar-refractivity contribution in [1.29, 1.82) is 0 Å². The van der Waals surface area contributed by atoms with Gasteiger partial charge in [-0.1, -0.05) is 18.2 Å². The second-order valence-corrected chi connectivity index (χ2v) is 11.3. The zero-order valence-electron chi connectivity index (χ0n) is 17.6. The van der Waals surface area contributed by atoms with Gasteiger partial charge in [0.15, 0.2) is 0 Å². The first kappa shape index (κ1) is 21.3. The Labute approximate surface area is 183 Å². The van der Waals surface area contributed by atoms with Gasteiger partial charge in [-0.25, -0.2) is 8.42 Å². The Morgan fingerprint density at radius 1 is 1.03 bits per heavy atom. The molecule has 8 heteroatoms. The summed E-state index contributed by atoms with van der Waals surface area (Å²) in [5, 5.41) is 1.77. The van der Waals surface area contributed by atoms with Crippen LogP contribution in [0.3, 0.4) is 0 Å². The third kappa shape index (κ3) is 4.13. The molecule has 1 aromatic carbocycles. The molecular formula is C22H29N3O3S2. The fraction of sp³-hybridized carbons (Fsp3) is 0.500. The van der Waals surface area contributed by atoms with Crippen LogP contribution in [0.25, 0.3) is 0 Å². The molecule has 2 aliphatic rings. The zero-order chi connectivity index (χ0) is 21.3. The number of amides is 1. The van der Waals surface area contributed by atoms with Crippen molar-refractivity contribution >= 4 is 33.0 Å². The van der Waals surface area contributed by atoms with Crippen LogP contribution in [-0.2, 0) is 14.8 Å². The summed E-state index contributed by atoms with van der Waals surface area (Å²) < 4.78 is 27.6. The Balaban J connectivity index is 1.39. The van der Waals surface area contributed by atoms with Crippen molar-refractivity contribution in [2.75, 3.05) is 44.2 Å². The van der Waals surface area contributed by atoms with Gasteiger partial charge in [0.2, 0.25) is 5.91 Å². The maximum atomic E-state index is 13.2. The summed E-state index contributed by atoms with van der Waals surface area (Å²) in [5.41, 5.74) is 3.81. The molecule has 3 heterocycles. The number of nitrogens with zero attached hydrogens (tertiary/aromatic N) is 3. The molecule has 0 bridgehead atoms. The van der Waals surface area contributed by atoms with Crippen LogP contribution in [-0.4, -0.2) is 62.8 Å². The number of piperidine rings is 1. The van der Waals surface area contributed by atoms with Crippen LogP contribution in [0.5, 0.6) is 0 Å². The van der Waals surface area contributed by atoms with Gasteiger partial charge in [0.05, 0.1) is 5.92 Å². The van der Waals surface area contributed by atoms with Crippen LogP contribution < -0.4 is 4.90 Å². The number of benzene rings is 1. The van der Waals surface area contributed by atoms with E-state index < -0.39 is 10.0 Å². The van der Waals surface area contributed by atoms with Gasteiger partial charge in [-0.2, -0.15) is 4.31 Å². The standard InChI is InChI=1S/C22H29N3O3S2/c1-17-6-3-8-20(18(17)2)23-11-13-24(14-12-23)22(26)19-7-4-10-25(16-19)30(27,28)21-9-5-15-29-21/h3,5-6,8-9,15,19H,4,7,10-14,16H2,1-2H3/t19-/m0/s1. The molecule has 2 fully saturated rings. The molecule has 4 rings (SSSR count). The lowest BCUT2D eigenvalue weighted by atomic mass is 9.97. The van der Waals surface area contributed by atoms with E-state index in [0.29, 0.717) is 23.8 Å². The highest BCUT2D eigenvalue weighted by molar-refractivity contribution is 7.91. The largest absolute Gasteiger partial charge is 0.368 e. The maximum Gasteiger partial charge on any atom is 0.252 e. The summed E-state index contributed by atoms with van der Waals surface area (Å²) in [5.74, 6) is -0.151. The normalized spacial score (nSPS) is 21.1. The van der Waals surface area contributed by atoms with Crippen LogP contribution in [0.4, 0.5) is 5.69 Å². The van der Waals surface area contributed by atoms with Gasteiger partial charge < -0.3 is 9.80 Å². The van der Waals surface area contributed by atoms with Crippen LogP contribution >= 0.6 is 11.3 Å². The van der Waals surface area contributed by atoms with E-state index in [9.17, 15) is 13.2 Å². The molecule has 2 aliphatic heterocycles. The Bertz CT molecular complexity index is 997. The number of hydrogen-bond acceptors (Lipinski definition) is 5. The first-order valence-corrected chi connectivity index (χ1v) is 12.8. The molecular weight excluding hydrogens is 418 g/mol. The van der Waals surface area contributed by atoms with E-state index in [1.54, 1.807) is 17.5 Å². The lowest BCUT2D eigenvalue weighted by Gasteiger charge is -2.40. The second kappa shape index (κ2) is 8.69. The molecule has 0 aliphatic carbocycles. The van der Waals surface area contributed by atoms with Gasteiger partial charge in [-0.05, 0) is 55.3 Å². The van der Waals surface area contributed by atoms with Crippen molar-refractivity contribution in [3.8, 4) is 0 Å². The quantitative estimate of drug-likeness (QED) is 0.723. The smallest absolute Gasteiger partial charge is 0.252 e. The molecule has 0 unspecified atom stereocenters. The van der Waals surface area contributed by atoms with E-state index in [1.165, 1.54) is 32.5 Å². The fourth-order valence-corrected chi connectivity index (χ4v) is 7.07. The minimum absolute atomic E-state index is 0.0988. The van der Waals surface area contributed by atoms with Gasteiger partial charge in [-0.3, -0.25) is 4.79 Å². The number of carbonyl (C=O) groups is 1. The van der Waals surface area contributed by atoms with Crippen molar-refractivity contribution in [2.45, 2.75) is 30.9 Å². The highest BCUT2D eigenvalue weighted by atomic mass is 32.2. The summed E-state index contributed by atoms with van der Waals surface area (Å²) in [4.78, 5) is 17.4. The van der Waals surface area contributed by atoms with E-state index in [4.69, 9.17) is 0 Å².